The summed E-state index contributed by atoms with van der Waals surface area (Å²) in [4.78, 5) is 0. The topological polar surface area (TPSA) is 99.4 Å². The Kier molecular flexibility index (Phi) is 8.60. The molecule has 1 aliphatic rings. The lowest BCUT2D eigenvalue weighted by Crippen LogP contribution is -2.59. The van der Waals surface area contributed by atoms with Crippen LogP contribution in [0.1, 0.15) is 45.4 Å². The van der Waals surface area contributed by atoms with Gasteiger partial charge in [-0.25, -0.2) is 0 Å². The Balaban J connectivity index is 2.21. The van der Waals surface area contributed by atoms with E-state index in [1.807, 2.05) is 0 Å². The molecule has 0 unspecified atom stereocenters. The van der Waals surface area contributed by atoms with Crippen LogP contribution >= 0.6 is 0 Å². The van der Waals surface area contributed by atoms with Crippen molar-refractivity contribution < 1.29 is 29.9 Å². The first-order valence-electron chi connectivity index (χ1n) is 7.54. The van der Waals surface area contributed by atoms with Gasteiger partial charge < -0.3 is 29.9 Å². The Morgan fingerprint density at radius 3 is 2.20 bits per heavy atom. The van der Waals surface area contributed by atoms with Crippen molar-refractivity contribution in [1.29, 1.82) is 0 Å². The van der Waals surface area contributed by atoms with Gasteiger partial charge in [0.15, 0.2) is 6.29 Å². The molecule has 6 heteroatoms. The van der Waals surface area contributed by atoms with Gasteiger partial charge in [-0.3, -0.25) is 0 Å². The van der Waals surface area contributed by atoms with Crippen molar-refractivity contribution in [1.82, 2.24) is 0 Å². The molecule has 1 aliphatic heterocycles. The highest BCUT2D eigenvalue weighted by atomic mass is 16.7. The minimum Gasteiger partial charge on any atom is -0.394 e. The van der Waals surface area contributed by atoms with Gasteiger partial charge in [0.25, 0.3) is 0 Å². The minimum atomic E-state index is -1.37. The van der Waals surface area contributed by atoms with Crippen LogP contribution in [-0.2, 0) is 9.47 Å². The van der Waals surface area contributed by atoms with E-state index in [0.717, 1.165) is 19.3 Å². The molecule has 1 saturated heterocycles. The molecule has 1 heterocycles. The molecule has 0 aromatic carbocycles. The molecule has 0 spiro atoms. The first-order chi connectivity index (χ1) is 9.61. The van der Waals surface area contributed by atoms with Crippen LogP contribution in [0.5, 0.6) is 0 Å². The van der Waals surface area contributed by atoms with E-state index in [4.69, 9.17) is 14.6 Å². The zero-order valence-electron chi connectivity index (χ0n) is 12.1. The van der Waals surface area contributed by atoms with Gasteiger partial charge >= 0.3 is 0 Å². The van der Waals surface area contributed by atoms with Crippen LogP contribution in [0.25, 0.3) is 0 Å². The van der Waals surface area contributed by atoms with Crippen molar-refractivity contribution in [2.45, 2.75) is 76.2 Å². The summed E-state index contributed by atoms with van der Waals surface area (Å²) >= 11 is 0. The summed E-state index contributed by atoms with van der Waals surface area (Å²) in [5, 5.41) is 38.0. The third-order valence-corrected chi connectivity index (χ3v) is 3.63. The first kappa shape index (κ1) is 17.8. The highest BCUT2D eigenvalue weighted by Gasteiger charge is 2.43. The molecule has 20 heavy (non-hydrogen) atoms. The zero-order valence-corrected chi connectivity index (χ0v) is 12.1. The minimum absolute atomic E-state index is 0.425. The Morgan fingerprint density at radius 1 is 0.900 bits per heavy atom. The average Bonchev–Trinajstić information content (AvgIpc) is 2.46. The maximum atomic E-state index is 9.75. The highest BCUT2D eigenvalue weighted by Crippen LogP contribution is 2.22. The molecule has 0 aromatic heterocycles. The van der Waals surface area contributed by atoms with Gasteiger partial charge in [0.2, 0.25) is 0 Å². The molecule has 1 rings (SSSR count). The summed E-state index contributed by atoms with van der Waals surface area (Å²) in [5.74, 6) is 0. The van der Waals surface area contributed by atoms with E-state index in [9.17, 15) is 15.3 Å². The summed E-state index contributed by atoms with van der Waals surface area (Å²) in [7, 11) is 0. The van der Waals surface area contributed by atoms with E-state index in [2.05, 4.69) is 6.92 Å². The van der Waals surface area contributed by atoms with Crippen molar-refractivity contribution in [2.24, 2.45) is 0 Å². The van der Waals surface area contributed by atoms with Gasteiger partial charge in [-0.15, -0.1) is 0 Å². The monoisotopic (exact) mass is 292 g/mol. The molecule has 6 nitrogen and oxygen atoms in total. The van der Waals surface area contributed by atoms with Crippen LogP contribution in [0.4, 0.5) is 0 Å². The maximum Gasteiger partial charge on any atom is 0.186 e. The van der Waals surface area contributed by atoms with Gasteiger partial charge in [-0.05, 0) is 6.42 Å². The predicted molar refractivity (Wildman–Crippen MR) is 73.1 cm³/mol. The second-order valence-electron chi connectivity index (χ2n) is 5.34. The fourth-order valence-corrected chi connectivity index (χ4v) is 2.29. The smallest absolute Gasteiger partial charge is 0.186 e. The molecule has 5 atom stereocenters. The number of aliphatic hydroxyl groups is 4. The normalized spacial score (nSPS) is 34.4. The molecule has 0 aromatic rings. The van der Waals surface area contributed by atoms with Gasteiger partial charge in [0, 0.05) is 6.61 Å². The quantitative estimate of drug-likeness (QED) is 0.452. The summed E-state index contributed by atoms with van der Waals surface area (Å²) in [6, 6.07) is 0. The van der Waals surface area contributed by atoms with Crippen molar-refractivity contribution in [3.05, 3.63) is 0 Å². The number of aliphatic hydroxyl groups excluding tert-OH is 4. The van der Waals surface area contributed by atoms with E-state index in [0.29, 0.717) is 6.61 Å². The van der Waals surface area contributed by atoms with E-state index >= 15 is 0 Å². The molecular weight excluding hydrogens is 264 g/mol. The fraction of sp³-hybridized carbons (Fsp3) is 1.00. The SMILES string of the molecule is CCCCCCCCO[C@H]1O[C@@H](CO)[C@H](O)[C@@H](O)[C@H]1O. The third kappa shape index (κ3) is 5.27. The van der Waals surface area contributed by atoms with E-state index in [-0.39, 0.29) is 0 Å². The summed E-state index contributed by atoms with van der Waals surface area (Å²) in [6.07, 6.45) is 0.851. The van der Waals surface area contributed by atoms with E-state index in [1.165, 1.54) is 19.3 Å². The summed E-state index contributed by atoms with van der Waals surface area (Å²) < 4.78 is 10.6. The van der Waals surface area contributed by atoms with Crippen LogP contribution in [0.3, 0.4) is 0 Å². The van der Waals surface area contributed by atoms with Gasteiger partial charge in [0.05, 0.1) is 6.61 Å². The third-order valence-electron chi connectivity index (χ3n) is 3.63. The number of rotatable bonds is 9. The molecule has 4 N–H and O–H groups in total. The van der Waals surface area contributed by atoms with E-state index < -0.39 is 37.3 Å². The second-order valence-corrected chi connectivity index (χ2v) is 5.34. The second kappa shape index (κ2) is 9.65. The average molecular weight is 292 g/mol. The van der Waals surface area contributed by atoms with Crippen molar-refractivity contribution in [2.75, 3.05) is 13.2 Å². The number of hydrogen-bond acceptors (Lipinski definition) is 6. The van der Waals surface area contributed by atoms with Crippen LogP contribution < -0.4 is 0 Å². The standard InChI is InChI=1S/C14H28O6/c1-2-3-4-5-6-7-8-19-14-13(18)12(17)11(16)10(9-15)20-14/h10-18H,2-9H2,1H3/t10-,11-,12+,13+,14-/m0/s1. The summed E-state index contributed by atoms with van der Waals surface area (Å²) in [5.41, 5.74) is 0. The number of hydrogen-bond donors (Lipinski definition) is 4. The summed E-state index contributed by atoms with van der Waals surface area (Å²) in [6.45, 7) is 2.17. The van der Waals surface area contributed by atoms with Crippen molar-refractivity contribution >= 4 is 0 Å². The Hall–Kier alpha value is -0.240. The highest BCUT2D eigenvalue weighted by molar-refractivity contribution is 4.88. The van der Waals surface area contributed by atoms with Crippen LogP contribution in [0.15, 0.2) is 0 Å². The van der Waals surface area contributed by atoms with Crippen LogP contribution in [0.2, 0.25) is 0 Å². The number of unbranched alkanes of at least 4 members (excludes halogenated alkanes) is 5. The van der Waals surface area contributed by atoms with Gasteiger partial charge in [0.1, 0.15) is 24.4 Å². The molecule has 0 aliphatic carbocycles. The van der Waals surface area contributed by atoms with Crippen LogP contribution in [0, 0.1) is 0 Å². The van der Waals surface area contributed by atoms with Crippen LogP contribution in [-0.4, -0.2) is 64.3 Å². The molecule has 1 fully saturated rings. The first-order valence-corrected chi connectivity index (χ1v) is 7.54. The molecule has 0 radical (unpaired) electrons. The molecular formula is C14H28O6. The Labute approximate surface area is 120 Å². The lowest BCUT2D eigenvalue weighted by atomic mass is 9.99. The fourth-order valence-electron chi connectivity index (χ4n) is 2.29. The lowest BCUT2D eigenvalue weighted by molar-refractivity contribution is -0.301. The van der Waals surface area contributed by atoms with E-state index in [1.54, 1.807) is 0 Å². The molecule has 0 amide bonds. The van der Waals surface area contributed by atoms with Gasteiger partial charge in [-0.1, -0.05) is 39.0 Å². The maximum absolute atomic E-state index is 9.75. The Bertz CT molecular complexity index is 248. The Morgan fingerprint density at radius 2 is 1.55 bits per heavy atom. The zero-order chi connectivity index (χ0) is 15.0. The van der Waals surface area contributed by atoms with Crippen molar-refractivity contribution in [3.63, 3.8) is 0 Å². The lowest BCUT2D eigenvalue weighted by Gasteiger charge is -2.39. The molecule has 0 saturated carbocycles. The largest absolute Gasteiger partial charge is 0.394 e. The molecule has 0 bridgehead atoms. The molecule has 120 valence electrons. The van der Waals surface area contributed by atoms with Gasteiger partial charge in [-0.2, -0.15) is 0 Å². The predicted octanol–water partition coefficient (Wildman–Crippen LogP) is 0.163. The number of ether oxygens (including phenoxy) is 2. The van der Waals surface area contributed by atoms with Crippen molar-refractivity contribution in [3.8, 4) is 0 Å².